The molecular formula is C15H17F3N2O. The van der Waals surface area contributed by atoms with Crippen molar-refractivity contribution >= 4 is 0 Å². The van der Waals surface area contributed by atoms with Crippen molar-refractivity contribution in [3.8, 4) is 0 Å². The molecule has 0 radical (unpaired) electrons. The Kier molecular flexibility index (Phi) is 4.67. The van der Waals surface area contributed by atoms with Gasteiger partial charge in [0.25, 0.3) is 0 Å². The third-order valence-electron chi connectivity index (χ3n) is 3.19. The van der Waals surface area contributed by atoms with E-state index in [0.29, 0.717) is 11.4 Å². The third kappa shape index (κ3) is 3.85. The molecule has 1 aromatic carbocycles. The van der Waals surface area contributed by atoms with E-state index in [1.165, 1.54) is 6.07 Å². The lowest BCUT2D eigenvalue weighted by Crippen LogP contribution is -2.11. The Morgan fingerprint density at radius 1 is 1.33 bits per heavy atom. The first-order valence-corrected chi connectivity index (χ1v) is 6.77. The van der Waals surface area contributed by atoms with Gasteiger partial charge in [0.05, 0.1) is 5.56 Å². The summed E-state index contributed by atoms with van der Waals surface area (Å²) in [6, 6.07) is 5.01. The van der Waals surface area contributed by atoms with Gasteiger partial charge in [0.1, 0.15) is 11.9 Å². The maximum Gasteiger partial charge on any atom is 0.416 e. The van der Waals surface area contributed by atoms with E-state index >= 15 is 0 Å². The zero-order valence-corrected chi connectivity index (χ0v) is 11.6. The molecule has 3 nitrogen and oxygen atoms in total. The van der Waals surface area contributed by atoms with E-state index in [1.807, 2.05) is 11.5 Å². The summed E-state index contributed by atoms with van der Waals surface area (Å²) in [6.45, 7) is 2.72. The van der Waals surface area contributed by atoms with Gasteiger partial charge in [-0.25, -0.2) is 4.98 Å². The molecule has 1 heterocycles. The predicted molar refractivity (Wildman–Crippen MR) is 72.6 cm³/mol. The third-order valence-corrected chi connectivity index (χ3v) is 3.19. The number of hydrogen-bond acceptors (Lipinski definition) is 2. The maximum absolute atomic E-state index is 12.7. The molecule has 21 heavy (non-hydrogen) atoms. The number of imidazole rings is 1. The zero-order valence-electron chi connectivity index (χ0n) is 11.6. The molecule has 0 aliphatic carbocycles. The molecule has 0 aliphatic heterocycles. The number of aliphatic hydroxyl groups is 1. The highest BCUT2D eigenvalue weighted by atomic mass is 19.4. The highest BCUT2D eigenvalue weighted by Crippen LogP contribution is 2.30. The van der Waals surface area contributed by atoms with Crippen molar-refractivity contribution in [1.29, 1.82) is 0 Å². The topological polar surface area (TPSA) is 38.0 Å². The largest absolute Gasteiger partial charge is 0.416 e. The van der Waals surface area contributed by atoms with E-state index < -0.39 is 17.8 Å². The van der Waals surface area contributed by atoms with Gasteiger partial charge in [-0.1, -0.05) is 25.1 Å². The van der Waals surface area contributed by atoms with Gasteiger partial charge in [0.15, 0.2) is 0 Å². The van der Waals surface area contributed by atoms with Crippen LogP contribution < -0.4 is 0 Å². The van der Waals surface area contributed by atoms with Crippen molar-refractivity contribution < 1.29 is 18.3 Å². The van der Waals surface area contributed by atoms with E-state index in [9.17, 15) is 18.3 Å². The lowest BCUT2D eigenvalue weighted by molar-refractivity contribution is -0.137. The van der Waals surface area contributed by atoms with E-state index in [0.717, 1.165) is 25.1 Å². The van der Waals surface area contributed by atoms with Crippen molar-refractivity contribution in [2.45, 2.75) is 38.6 Å². The smallest absolute Gasteiger partial charge is 0.385 e. The van der Waals surface area contributed by atoms with Crippen LogP contribution in [0.1, 0.15) is 36.4 Å². The second-order valence-corrected chi connectivity index (χ2v) is 4.90. The first-order chi connectivity index (χ1) is 9.91. The molecule has 1 unspecified atom stereocenters. The monoisotopic (exact) mass is 298 g/mol. The molecular weight excluding hydrogens is 281 g/mol. The summed E-state index contributed by atoms with van der Waals surface area (Å²) < 4.78 is 39.8. The minimum Gasteiger partial charge on any atom is -0.385 e. The molecule has 0 fully saturated rings. The molecule has 0 saturated carbocycles. The molecule has 0 amide bonds. The Hall–Kier alpha value is -1.82. The number of benzene rings is 1. The number of alkyl halides is 3. The van der Waals surface area contributed by atoms with Crippen LogP contribution in [0, 0.1) is 0 Å². The number of aromatic nitrogens is 2. The van der Waals surface area contributed by atoms with Gasteiger partial charge in [-0.05, 0) is 18.1 Å². The first-order valence-electron chi connectivity index (χ1n) is 6.77. The molecule has 0 spiro atoms. The van der Waals surface area contributed by atoms with Gasteiger partial charge in [-0.2, -0.15) is 13.2 Å². The van der Waals surface area contributed by atoms with Crippen molar-refractivity contribution in [3.05, 3.63) is 53.6 Å². The van der Waals surface area contributed by atoms with Crippen LogP contribution >= 0.6 is 0 Å². The van der Waals surface area contributed by atoms with Crippen LogP contribution in [0.25, 0.3) is 0 Å². The average molecular weight is 298 g/mol. The summed E-state index contributed by atoms with van der Waals surface area (Å²) in [6.07, 6.45) is -0.962. The second kappa shape index (κ2) is 6.30. The van der Waals surface area contributed by atoms with Crippen molar-refractivity contribution in [2.24, 2.45) is 0 Å². The van der Waals surface area contributed by atoms with Crippen LogP contribution in [0.15, 0.2) is 36.7 Å². The van der Waals surface area contributed by atoms with Gasteiger partial charge in [0, 0.05) is 25.4 Å². The van der Waals surface area contributed by atoms with Gasteiger partial charge in [-0.15, -0.1) is 0 Å². The number of aliphatic hydroxyl groups excluding tert-OH is 1. The van der Waals surface area contributed by atoms with Crippen molar-refractivity contribution in [3.63, 3.8) is 0 Å². The van der Waals surface area contributed by atoms with Crippen molar-refractivity contribution in [1.82, 2.24) is 9.55 Å². The number of aryl methyl sites for hydroxylation is 1. The predicted octanol–water partition coefficient (Wildman–Crippen LogP) is 3.59. The molecule has 1 aromatic heterocycles. The zero-order chi connectivity index (χ0) is 15.5. The van der Waals surface area contributed by atoms with Crippen LogP contribution in [0.3, 0.4) is 0 Å². The summed E-state index contributed by atoms with van der Waals surface area (Å²) >= 11 is 0. The summed E-state index contributed by atoms with van der Waals surface area (Å²) in [5, 5.41) is 10.2. The Morgan fingerprint density at radius 3 is 2.76 bits per heavy atom. The highest BCUT2D eigenvalue weighted by Gasteiger charge is 2.30. The standard InChI is InChI=1S/C15H17F3N2O/c1-2-7-20-8-6-19-14(20)13(21)10-11-4-3-5-12(9-11)15(16,17)18/h3-6,8-9,13,21H,2,7,10H2,1H3. The summed E-state index contributed by atoms with van der Waals surface area (Å²) in [4.78, 5) is 4.09. The SMILES string of the molecule is CCCn1ccnc1C(O)Cc1cccc(C(F)(F)F)c1. The minimum atomic E-state index is -4.37. The number of nitrogens with zero attached hydrogens (tertiary/aromatic N) is 2. The Bertz CT molecular complexity index is 593. The molecule has 0 aliphatic rings. The molecule has 2 rings (SSSR count). The molecule has 114 valence electrons. The second-order valence-electron chi connectivity index (χ2n) is 4.90. The van der Waals surface area contributed by atoms with Crippen LogP contribution in [0.2, 0.25) is 0 Å². The van der Waals surface area contributed by atoms with E-state index in [2.05, 4.69) is 4.98 Å². The summed E-state index contributed by atoms with van der Waals surface area (Å²) in [5.41, 5.74) is -0.271. The average Bonchev–Trinajstić information content (AvgIpc) is 2.87. The Balaban J connectivity index is 2.16. The molecule has 2 aromatic rings. The number of rotatable bonds is 5. The van der Waals surface area contributed by atoms with Crippen molar-refractivity contribution in [2.75, 3.05) is 0 Å². The quantitative estimate of drug-likeness (QED) is 0.916. The van der Waals surface area contributed by atoms with Crippen LogP contribution in [-0.4, -0.2) is 14.7 Å². The molecule has 1 N–H and O–H groups in total. The van der Waals surface area contributed by atoms with Gasteiger partial charge < -0.3 is 9.67 Å². The van der Waals surface area contributed by atoms with Crippen LogP contribution in [0.5, 0.6) is 0 Å². The molecule has 6 heteroatoms. The summed E-state index contributed by atoms with van der Waals surface area (Å²) in [5.74, 6) is 0.481. The minimum absolute atomic E-state index is 0.102. The van der Waals surface area contributed by atoms with E-state index in [-0.39, 0.29) is 6.42 Å². The maximum atomic E-state index is 12.7. The Morgan fingerprint density at radius 2 is 2.10 bits per heavy atom. The lowest BCUT2D eigenvalue weighted by Gasteiger charge is -2.14. The molecule has 1 atom stereocenters. The molecule has 0 saturated heterocycles. The Labute approximate surface area is 121 Å². The first kappa shape index (κ1) is 15.6. The normalized spacial score (nSPS) is 13.4. The van der Waals surface area contributed by atoms with Crippen LogP contribution in [-0.2, 0) is 19.1 Å². The van der Waals surface area contributed by atoms with E-state index in [4.69, 9.17) is 0 Å². The number of halogens is 3. The van der Waals surface area contributed by atoms with E-state index in [1.54, 1.807) is 18.5 Å². The highest BCUT2D eigenvalue weighted by molar-refractivity contribution is 5.26. The van der Waals surface area contributed by atoms with Crippen LogP contribution in [0.4, 0.5) is 13.2 Å². The number of hydrogen-bond donors (Lipinski definition) is 1. The lowest BCUT2D eigenvalue weighted by atomic mass is 10.0. The fourth-order valence-electron chi connectivity index (χ4n) is 2.24. The fourth-order valence-corrected chi connectivity index (χ4v) is 2.24. The molecule has 0 bridgehead atoms. The summed E-state index contributed by atoms with van der Waals surface area (Å²) in [7, 11) is 0. The fraction of sp³-hybridized carbons (Fsp3) is 0.400. The van der Waals surface area contributed by atoms with Gasteiger partial charge in [0.2, 0.25) is 0 Å². The van der Waals surface area contributed by atoms with Gasteiger partial charge in [-0.3, -0.25) is 0 Å². The van der Waals surface area contributed by atoms with Gasteiger partial charge >= 0.3 is 6.18 Å².